The van der Waals surface area contributed by atoms with Crippen molar-refractivity contribution < 1.29 is 9.72 Å². The van der Waals surface area contributed by atoms with E-state index in [1.54, 1.807) is 30.4 Å². The van der Waals surface area contributed by atoms with E-state index in [1.165, 1.54) is 22.7 Å². The Morgan fingerprint density at radius 3 is 2.77 bits per heavy atom. The number of hydrogen-bond donors (Lipinski definition) is 0. The number of benzene rings is 1. The Morgan fingerprint density at radius 1 is 1.27 bits per heavy atom. The lowest BCUT2D eigenvalue weighted by molar-refractivity contribution is -0.385. The molecular weight excluding hydrogens is 370 g/mol. The van der Waals surface area contributed by atoms with Crippen LogP contribution in [0.5, 0.6) is 0 Å². The summed E-state index contributed by atoms with van der Waals surface area (Å²) in [5.74, 6) is -0.154. The molecule has 1 aliphatic rings. The minimum absolute atomic E-state index is 0.0736. The highest BCUT2D eigenvalue weighted by atomic mass is 32.2. The summed E-state index contributed by atoms with van der Waals surface area (Å²) in [5, 5.41) is 11.2. The van der Waals surface area contributed by atoms with Crippen molar-refractivity contribution in [1.29, 1.82) is 0 Å². The van der Waals surface area contributed by atoms with Crippen LogP contribution in [0.3, 0.4) is 0 Å². The number of nitro groups is 1. The first-order chi connectivity index (χ1) is 12.5. The maximum absolute atomic E-state index is 12.4. The lowest BCUT2D eigenvalue weighted by Crippen LogP contribution is -2.27. The van der Waals surface area contributed by atoms with E-state index in [1.807, 2.05) is 22.9 Å². The van der Waals surface area contributed by atoms with Crippen LogP contribution in [0.1, 0.15) is 11.3 Å². The summed E-state index contributed by atoms with van der Waals surface area (Å²) in [7, 11) is 0. The molecule has 0 spiro atoms. The van der Waals surface area contributed by atoms with Crippen LogP contribution in [-0.4, -0.2) is 31.2 Å². The van der Waals surface area contributed by atoms with Crippen molar-refractivity contribution in [1.82, 2.24) is 9.47 Å². The van der Waals surface area contributed by atoms with E-state index in [0.717, 1.165) is 5.69 Å². The molecule has 0 unspecified atom stereocenters. The van der Waals surface area contributed by atoms with E-state index in [9.17, 15) is 14.9 Å². The van der Waals surface area contributed by atoms with E-state index in [0.29, 0.717) is 27.9 Å². The van der Waals surface area contributed by atoms with Gasteiger partial charge in [0.25, 0.3) is 11.6 Å². The minimum Gasteiger partial charge on any atom is -0.343 e. The van der Waals surface area contributed by atoms with Gasteiger partial charge in [0.05, 0.1) is 16.4 Å². The zero-order valence-corrected chi connectivity index (χ0v) is 15.3. The molecule has 1 saturated heterocycles. The van der Waals surface area contributed by atoms with Gasteiger partial charge in [0, 0.05) is 30.1 Å². The van der Waals surface area contributed by atoms with Gasteiger partial charge in [0.15, 0.2) is 0 Å². The van der Waals surface area contributed by atoms with Crippen LogP contribution in [0.4, 0.5) is 5.69 Å². The summed E-state index contributed by atoms with van der Waals surface area (Å²) in [6, 6.07) is 10.3. The van der Waals surface area contributed by atoms with Crippen LogP contribution in [-0.2, 0) is 11.3 Å². The summed E-state index contributed by atoms with van der Waals surface area (Å²) in [5.41, 5.74) is 1.45. The number of carbonyl (C=O) groups excluding carboxylic acids is 1. The van der Waals surface area contributed by atoms with E-state index in [4.69, 9.17) is 12.2 Å². The molecule has 0 saturated carbocycles. The van der Waals surface area contributed by atoms with Gasteiger partial charge in [0.1, 0.15) is 4.32 Å². The van der Waals surface area contributed by atoms with Gasteiger partial charge >= 0.3 is 0 Å². The maximum atomic E-state index is 12.4. The molecule has 26 heavy (non-hydrogen) atoms. The lowest BCUT2D eigenvalue weighted by Gasteiger charge is -2.10. The van der Waals surface area contributed by atoms with Crippen molar-refractivity contribution in [3.8, 4) is 0 Å². The first-order valence-electron chi connectivity index (χ1n) is 7.75. The number of rotatable bonds is 6. The number of nitro benzene ring substituents is 1. The van der Waals surface area contributed by atoms with Crippen LogP contribution >= 0.6 is 24.0 Å². The van der Waals surface area contributed by atoms with Gasteiger partial charge in [-0.15, -0.1) is 6.58 Å². The number of para-hydroxylation sites is 1. The largest absolute Gasteiger partial charge is 0.343 e. The average molecular weight is 385 g/mol. The molecule has 1 aromatic carbocycles. The van der Waals surface area contributed by atoms with E-state index >= 15 is 0 Å². The predicted molar refractivity (Wildman–Crippen MR) is 107 cm³/mol. The van der Waals surface area contributed by atoms with Crippen molar-refractivity contribution in [3.05, 3.63) is 81.5 Å². The molecule has 0 aliphatic carbocycles. The number of thioether (sulfide) groups is 1. The Bertz CT molecular complexity index is 933. The number of thiocarbonyl (C=S) groups is 1. The first kappa shape index (κ1) is 18.1. The molecular formula is C18H15N3O3S2. The maximum Gasteiger partial charge on any atom is 0.274 e. The average Bonchev–Trinajstić information content (AvgIpc) is 3.15. The van der Waals surface area contributed by atoms with Gasteiger partial charge < -0.3 is 4.57 Å². The fourth-order valence-corrected chi connectivity index (χ4v) is 3.89. The molecule has 0 atom stereocenters. The molecule has 2 aromatic rings. The van der Waals surface area contributed by atoms with E-state index in [-0.39, 0.29) is 16.5 Å². The quantitative estimate of drug-likeness (QED) is 0.248. The molecule has 8 heteroatoms. The van der Waals surface area contributed by atoms with Crippen LogP contribution < -0.4 is 0 Å². The molecule has 6 nitrogen and oxygen atoms in total. The standard InChI is InChI=1S/C18H15N3O3S2/c1-2-9-20-17(22)16(26-18(20)25)11-14-7-5-10-19(14)12-13-6-3-4-8-15(13)21(23)24/h2-8,10-11H,1,9,12H2/b16-11-. The second kappa shape index (κ2) is 7.67. The summed E-state index contributed by atoms with van der Waals surface area (Å²) in [6.07, 6.45) is 5.22. The molecule has 1 amide bonds. The number of aromatic nitrogens is 1. The monoisotopic (exact) mass is 385 g/mol. The van der Waals surface area contributed by atoms with Gasteiger partial charge in [-0.25, -0.2) is 0 Å². The molecule has 3 rings (SSSR count). The summed E-state index contributed by atoms with van der Waals surface area (Å²) in [4.78, 5) is 25.3. The summed E-state index contributed by atoms with van der Waals surface area (Å²) < 4.78 is 2.36. The van der Waals surface area contributed by atoms with Gasteiger partial charge in [-0.3, -0.25) is 19.8 Å². The molecule has 2 heterocycles. The van der Waals surface area contributed by atoms with Gasteiger partial charge in [-0.1, -0.05) is 48.3 Å². The molecule has 132 valence electrons. The Balaban J connectivity index is 1.89. The molecule has 1 fully saturated rings. The third-order valence-corrected chi connectivity index (χ3v) is 5.24. The Kier molecular flexibility index (Phi) is 5.34. The highest BCUT2D eigenvalue weighted by Crippen LogP contribution is 2.32. The Labute approximate surface area is 159 Å². The highest BCUT2D eigenvalue weighted by Gasteiger charge is 2.31. The first-order valence-corrected chi connectivity index (χ1v) is 8.97. The van der Waals surface area contributed by atoms with Crippen molar-refractivity contribution in [2.45, 2.75) is 6.54 Å². The number of nitrogens with zero attached hydrogens (tertiary/aromatic N) is 3. The van der Waals surface area contributed by atoms with Crippen LogP contribution in [0.15, 0.2) is 60.2 Å². The normalized spacial score (nSPS) is 15.7. The zero-order chi connectivity index (χ0) is 18.7. The third-order valence-electron chi connectivity index (χ3n) is 3.86. The molecule has 0 bridgehead atoms. The third kappa shape index (κ3) is 3.61. The summed E-state index contributed by atoms with van der Waals surface area (Å²) in [6.45, 7) is 4.35. The van der Waals surface area contributed by atoms with Gasteiger partial charge in [-0.2, -0.15) is 0 Å². The van der Waals surface area contributed by atoms with Gasteiger partial charge in [-0.05, 0) is 18.2 Å². The van der Waals surface area contributed by atoms with Crippen LogP contribution in [0.25, 0.3) is 6.08 Å². The van der Waals surface area contributed by atoms with E-state index in [2.05, 4.69) is 6.58 Å². The second-order valence-electron chi connectivity index (χ2n) is 5.53. The van der Waals surface area contributed by atoms with Gasteiger partial charge in [0.2, 0.25) is 0 Å². The number of hydrogen-bond acceptors (Lipinski definition) is 5. The summed E-state index contributed by atoms with van der Waals surface area (Å²) >= 11 is 6.48. The van der Waals surface area contributed by atoms with E-state index < -0.39 is 0 Å². The van der Waals surface area contributed by atoms with Crippen LogP contribution in [0, 0.1) is 10.1 Å². The molecule has 1 aliphatic heterocycles. The molecule has 0 radical (unpaired) electrons. The topological polar surface area (TPSA) is 68.4 Å². The minimum atomic E-state index is -0.390. The lowest BCUT2D eigenvalue weighted by atomic mass is 10.2. The van der Waals surface area contributed by atoms with Crippen molar-refractivity contribution in [3.63, 3.8) is 0 Å². The fourth-order valence-electron chi connectivity index (χ4n) is 2.63. The molecule has 1 aromatic heterocycles. The fraction of sp³-hybridized carbons (Fsp3) is 0.111. The smallest absolute Gasteiger partial charge is 0.274 e. The second-order valence-corrected chi connectivity index (χ2v) is 7.20. The predicted octanol–water partition coefficient (Wildman–Crippen LogP) is 3.83. The van der Waals surface area contributed by atoms with Crippen LogP contribution in [0.2, 0.25) is 0 Å². The van der Waals surface area contributed by atoms with Crippen molar-refractivity contribution in [2.75, 3.05) is 6.54 Å². The highest BCUT2D eigenvalue weighted by molar-refractivity contribution is 8.26. The Hall–Kier alpha value is -2.71. The van der Waals surface area contributed by atoms with Crippen molar-refractivity contribution >= 4 is 46.0 Å². The van der Waals surface area contributed by atoms with Crippen molar-refractivity contribution in [2.24, 2.45) is 0 Å². The number of amides is 1. The SMILES string of the molecule is C=CCN1C(=O)/C(=C/c2cccn2Cc2ccccc2[N+](=O)[O-])SC1=S. The Morgan fingerprint density at radius 2 is 2.04 bits per heavy atom. The number of carbonyl (C=O) groups is 1. The zero-order valence-electron chi connectivity index (χ0n) is 13.7. The molecule has 0 N–H and O–H groups in total.